The van der Waals surface area contributed by atoms with Crippen LogP contribution < -0.4 is 5.32 Å². The molecular weight excluding hydrogens is 224 g/mol. The lowest BCUT2D eigenvalue weighted by molar-refractivity contribution is -0.129. The van der Waals surface area contributed by atoms with Gasteiger partial charge in [0.1, 0.15) is 0 Å². The van der Waals surface area contributed by atoms with E-state index in [1.54, 1.807) is 0 Å². The molecular formula is C15H20N2O. The van der Waals surface area contributed by atoms with Crippen molar-refractivity contribution in [1.82, 2.24) is 10.2 Å². The summed E-state index contributed by atoms with van der Waals surface area (Å²) in [4.78, 5) is 14.4. The predicted molar refractivity (Wildman–Crippen MR) is 69.7 cm³/mol. The molecule has 0 aromatic heterocycles. The van der Waals surface area contributed by atoms with Gasteiger partial charge in [-0.25, -0.2) is 0 Å². The van der Waals surface area contributed by atoms with Gasteiger partial charge in [-0.2, -0.15) is 0 Å². The molecule has 2 atom stereocenters. The highest BCUT2D eigenvalue weighted by Crippen LogP contribution is 2.48. The summed E-state index contributed by atoms with van der Waals surface area (Å²) in [6.45, 7) is 2.10. The lowest BCUT2D eigenvalue weighted by Gasteiger charge is -2.42. The standard InChI is InChI=1S/C15H20N2O/c18-14-3-4-15(5-7-16-8-6-15)17(14)13-2-1-11-9-12(11)10-13/h1-2,10-12,16H,3-9H2. The van der Waals surface area contributed by atoms with Crippen LogP contribution in [0.15, 0.2) is 23.9 Å². The number of nitrogens with one attached hydrogen (secondary N) is 1. The van der Waals surface area contributed by atoms with E-state index in [-0.39, 0.29) is 5.54 Å². The number of amides is 1. The Morgan fingerprint density at radius 3 is 2.83 bits per heavy atom. The molecule has 0 aromatic carbocycles. The van der Waals surface area contributed by atoms with E-state index in [9.17, 15) is 4.79 Å². The zero-order chi connectivity index (χ0) is 12.2. The van der Waals surface area contributed by atoms with Gasteiger partial charge in [0.2, 0.25) is 5.91 Å². The first-order chi connectivity index (χ1) is 8.78. The quantitative estimate of drug-likeness (QED) is 0.763. The second-order valence-electron chi connectivity index (χ2n) is 6.22. The largest absolute Gasteiger partial charge is 0.317 e. The Kier molecular flexibility index (Phi) is 2.22. The van der Waals surface area contributed by atoms with Crippen molar-refractivity contribution < 1.29 is 4.79 Å². The molecule has 0 bridgehead atoms. The van der Waals surface area contributed by atoms with Crippen LogP contribution in [0.3, 0.4) is 0 Å². The summed E-state index contributed by atoms with van der Waals surface area (Å²) < 4.78 is 0. The van der Waals surface area contributed by atoms with Crippen LogP contribution in [-0.4, -0.2) is 29.4 Å². The molecule has 2 aliphatic carbocycles. The van der Waals surface area contributed by atoms with E-state index in [0.29, 0.717) is 5.91 Å². The third-order valence-corrected chi connectivity index (χ3v) is 5.11. The van der Waals surface area contributed by atoms with Crippen LogP contribution in [-0.2, 0) is 4.79 Å². The fourth-order valence-electron chi connectivity index (χ4n) is 3.91. The first kappa shape index (κ1) is 10.8. The van der Waals surface area contributed by atoms with Gasteiger partial charge >= 0.3 is 0 Å². The summed E-state index contributed by atoms with van der Waals surface area (Å²) in [7, 11) is 0. The van der Waals surface area contributed by atoms with Crippen molar-refractivity contribution >= 4 is 5.91 Å². The molecule has 1 saturated carbocycles. The van der Waals surface area contributed by atoms with Crippen LogP contribution >= 0.6 is 0 Å². The molecule has 3 heteroatoms. The molecule has 1 spiro atoms. The van der Waals surface area contributed by atoms with Gasteiger partial charge in [0.05, 0.1) is 5.54 Å². The molecule has 2 unspecified atom stereocenters. The zero-order valence-corrected chi connectivity index (χ0v) is 10.7. The maximum absolute atomic E-state index is 12.3. The molecule has 18 heavy (non-hydrogen) atoms. The van der Waals surface area contributed by atoms with E-state index in [0.717, 1.165) is 50.6 Å². The van der Waals surface area contributed by atoms with Gasteiger partial charge in [-0.05, 0) is 56.7 Å². The topological polar surface area (TPSA) is 32.3 Å². The SMILES string of the molecule is O=C1CCC2(CCNCC2)N1C1=CC2CC2C=C1. The molecule has 1 amide bonds. The number of hydrogen-bond donors (Lipinski definition) is 1. The van der Waals surface area contributed by atoms with Crippen molar-refractivity contribution in [2.45, 2.75) is 37.6 Å². The normalized spacial score (nSPS) is 36.8. The monoisotopic (exact) mass is 244 g/mol. The lowest BCUT2D eigenvalue weighted by Crippen LogP contribution is -2.51. The number of carbonyl (C=O) groups is 1. The lowest BCUT2D eigenvalue weighted by atomic mass is 9.85. The summed E-state index contributed by atoms with van der Waals surface area (Å²) in [6, 6.07) is 0. The van der Waals surface area contributed by atoms with Crippen molar-refractivity contribution in [3.05, 3.63) is 23.9 Å². The smallest absolute Gasteiger partial charge is 0.227 e. The van der Waals surface area contributed by atoms with Crippen molar-refractivity contribution in [3.8, 4) is 0 Å². The molecule has 4 aliphatic rings. The number of piperidine rings is 1. The van der Waals surface area contributed by atoms with Crippen LogP contribution in [0.5, 0.6) is 0 Å². The van der Waals surface area contributed by atoms with Gasteiger partial charge < -0.3 is 10.2 Å². The van der Waals surface area contributed by atoms with Crippen LogP contribution in [0, 0.1) is 11.8 Å². The zero-order valence-electron chi connectivity index (χ0n) is 10.7. The highest BCUT2D eigenvalue weighted by atomic mass is 16.2. The number of rotatable bonds is 1. The van der Waals surface area contributed by atoms with E-state index < -0.39 is 0 Å². The molecule has 0 aromatic rings. The average Bonchev–Trinajstić information content (AvgIpc) is 3.10. The van der Waals surface area contributed by atoms with Crippen molar-refractivity contribution in [2.75, 3.05) is 13.1 Å². The molecule has 2 aliphatic heterocycles. The maximum atomic E-state index is 12.3. The Morgan fingerprint density at radius 2 is 2.06 bits per heavy atom. The molecule has 1 N–H and O–H groups in total. The summed E-state index contributed by atoms with van der Waals surface area (Å²) in [5, 5.41) is 3.42. The molecule has 2 saturated heterocycles. The van der Waals surface area contributed by atoms with E-state index in [1.807, 2.05) is 0 Å². The van der Waals surface area contributed by atoms with Crippen LogP contribution in [0.2, 0.25) is 0 Å². The first-order valence-electron chi connectivity index (χ1n) is 7.22. The number of allylic oxidation sites excluding steroid dienone is 3. The van der Waals surface area contributed by atoms with Gasteiger partial charge in [0, 0.05) is 12.1 Å². The van der Waals surface area contributed by atoms with Gasteiger partial charge in [0.25, 0.3) is 0 Å². The summed E-state index contributed by atoms with van der Waals surface area (Å²) in [5.74, 6) is 1.83. The minimum absolute atomic E-state index is 0.125. The van der Waals surface area contributed by atoms with E-state index in [1.165, 1.54) is 12.1 Å². The number of hydrogen-bond acceptors (Lipinski definition) is 2. The Labute approximate surface area is 108 Å². The van der Waals surface area contributed by atoms with Gasteiger partial charge in [-0.1, -0.05) is 12.2 Å². The number of nitrogens with zero attached hydrogens (tertiary/aromatic N) is 1. The fourth-order valence-corrected chi connectivity index (χ4v) is 3.91. The molecule has 3 fully saturated rings. The van der Waals surface area contributed by atoms with Gasteiger partial charge in [-0.15, -0.1) is 0 Å². The molecule has 96 valence electrons. The third kappa shape index (κ3) is 1.50. The van der Waals surface area contributed by atoms with Crippen LogP contribution in [0.4, 0.5) is 0 Å². The number of fused-ring (bicyclic) bond motifs is 1. The van der Waals surface area contributed by atoms with Crippen molar-refractivity contribution in [3.63, 3.8) is 0 Å². The average molecular weight is 244 g/mol. The van der Waals surface area contributed by atoms with E-state index >= 15 is 0 Å². The minimum Gasteiger partial charge on any atom is -0.317 e. The molecule has 4 rings (SSSR count). The Bertz CT molecular complexity index is 445. The Morgan fingerprint density at radius 1 is 1.22 bits per heavy atom. The van der Waals surface area contributed by atoms with Crippen LogP contribution in [0.25, 0.3) is 0 Å². The highest BCUT2D eigenvalue weighted by Gasteiger charge is 2.48. The highest BCUT2D eigenvalue weighted by molar-refractivity contribution is 5.82. The van der Waals surface area contributed by atoms with Crippen molar-refractivity contribution in [1.29, 1.82) is 0 Å². The minimum atomic E-state index is 0.125. The molecule has 3 nitrogen and oxygen atoms in total. The second-order valence-corrected chi connectivity index (χ2v) is 6.22. The van der Waals surface area contributed by atoms with E-state index in [4.69, 9.17) is 0 Å². The molecule has 2 heterocycles. The number of carbonyl (C=O) groups excluding carboxylic acids is 1. The number of likely N-dealkylation sites (tertiary alicyclic amines) is 1. The van der Waals surface area contributed by atoms with Crippen molar-refractivity contribution in [2.24, 2.45) is 11.8 Å². The Balaban J connectivity index is 1.67. The summed E-state index contributed by atoms with van der Waals surface area (Å²) >= 11 is 0. The maximum Gasteiger partial charge on any atom is 0.227 e. The fraction of sp³-hybridized carbons (Fsp3) is 0.667. The van der Waals surface area contributed by atoms with Gasteiger partial charge in [0.15, 0.2) is 0 Å². The van der Waals surface area contributed by atoms with Gasteiger partial charge in [-0.3, -0.25) is 4.79 Å². The summed E-state index contributed by atoms with van der Waals surface area (Å²) in [6.07, 6.45) is 12.1. The van der Waals surface area contributed by atoms with E-state index in [2.05, 4.69) is 28.4 Å². The molecule has 0 radical (unpaired) electrons. The van der Waals surface area contributed by atoms with Crippen LogP contribution in [0.1, 0.15) is 32.1 Å². The second kappa shape index (κ2) is 3.70. The summed E-state index contributed by atoms with van der Waals surface area (Å²) in [5.41, 5.74) is 1.32. The third-order valence-electron chi connectivity index (χ3n) is 5.11. The first-order valence-corrected chi connectivity index (χ1v) is 7.22. The Hall–Kier alpha value is -1.09. The predicted octanol–water partition coefficient (Wildman–Crippen LogP) is 1.82.